The lowest BCUT2D eigenvalue weighted by Gasteiger charge is -2.23. The van der Waals surface area contributed by atoms with Crippen LogP contribution in [-0.2, 0) is 4.79 Å². The number of rotatable bonds is 6. The summed E-state index contributed by atoms with van der Waals surface area (Å²) in [5, 5.41) is 6.69. The number of hydrogen-bond acceptors (Lipinski definition) is 6. The summed E-state index contributed by atoms with van der Waals surface area (Å²) in [6.07, 6.45) is 0.397. The number of nitrogens with one attached hydrogen (secondary N) is 2. The maximum Gasteiger partial charge on any atom is 0.226 e. The molecule has 134 valence electrons. The smallest absolute Gasteiger partial charge is 0.226 e. The molecule has 2 aromatic rings. The van der Waals surface area contributed by atoms with Crippen LogP contribution in [0.5, 0.6) is 11.5 Å². The van der Waals surface area contributed by atoms with Crippen LogP contribution >= 0.6 is 11.3 Å². The van der Waals surface area contributed by atoms with Crippen molar-refractivity contribution >= 4 is 28.2 Å². The standard InChI is InChI=1S/C18H23N3O3S/c1-10(2)9-24-14-7-11(5-6-13(14)23-4)12-8-15(22)20-17-16(12)25-18(19-3)21-17/h5-7,10,12H,8-9H2,1-4H3,(H,19,21)(H,20,22). The Morgan fingerprint density at radius 3 is 2.88 bits per heavy atom. The van der Waals surface area contributed by atoms with Crippen molar-refractivity contribution in [3.05, 3.63) is 28.6 Å². The predicted molar refractivity (Wildman–Crippen MR) is 100 cm³/mol. The Morgan fingerprint density at radius 1 is 1.40 bits per heavy atom. The molecule has 1 unspecified atom stereocenters. The largest absolute Gasteiger partial charge is 0.493 e. The lowest BCUT2D eigenvalue weighted by atomic mass is 9.91. The van der Waals surface area contributed by atoms with E-state index >= 15 is 0 Å². The number of fused-ring (bicyclic) bond motifs is 1. The Labute approximate surface area is 151 Å². The zero-order valence-corrected chi connectivity index (χ0v) is 15.7. The second-order valence-corrected chi connectivity index (χ2v) is 7.43. The van der Waals surface area contributed by atoms with Gasteiger partial charge in [-0.2, -0.15) is 0 Å². The molecule has 2 N–H and O–H groups in total. The lowest BCUT2D eigenvalue weighted by Crippen LogP contribution is -2.22. The molecule has 1 amide bonds. The Hall–Kier alpha value is -2.28. The summed E-state index contributed by atoms with van der Waals surface area (Å²) >= 11 is 1.57. The molecule has 1 aliphatic rings. The fraction of sp³-hybridized carbons (Fsp3) is 0.444. The summed E-state index contributed by atoms with van der Waals surface area (Å²) in [6.45, 7) is 4.82. The van der Waals surface area contributed by atoms with Gasteiger partial charge in [-0.25, -0.2) is 4.98 Å². The summed E-state index contributed by atoms with van der Waals surface area (Å²) in [4.78, 5) is 17.6. The summed E-state index contributed by atoms with van der Waals surface area (Å²) in [5.41, 5.74) is 1.03. The zero-order valence-electron chi connectivity index (χ0n) is 14.9. The molecule has 1 atom stereocenters. The molecule has 1 aromatic carbocycles. The Morgan fingerprint density at radius 2 is 2.20 bits per heavy atom. The van der Waals surface area contributed by atoms with Gasteiger partial charge in [0.25, 0.3) is 0 Å². The molecule has 25 heavy (non-hydrogen) atoms. The van der Waals surface area contributed by atoms with Gasteiger partial charge in [-0.05, 0) is 23.6 Å². The van der Waals surface area contributed by atoms with E-state index in [1.807, 2.05) is 25.2 Å². The minimum absolute atomic E-state index is 0.0223. The number of hydrogen-bond donors (Lipinski definition) is 2. The van der Waals surface area contributed by atoms with Gasteiger partial charge in [0.1, 0.15) is 5.82 Å². The third-order valence-electron chi connectivity index (χ3n) is 3.99. The van der Waals surface area contributed by atoms with Crippen molar-refractivity contribution in [2.45, 2.75) is 26.2 Å². The van der Waals surface area contributed by atoms with Crippen LogP contribution in [-0.4, -0.2) is 31.7 Å². The highest BCUT2D eigenvalue weighted by molar-refractivity contribution is 7.16. The van der Waals surface area contributed by atoms with Gasteiger partial charge in [0.2, 0.25) is 5.91 Å². The number of carbonyl (C=O) groups is 1. The van der Waals surface area contributed by atoms with E-state index in [0.717, 1.165) is 15.6 Å². The SMILES string of the molecule is CNc1nc2c(s1)C(c1ccc(OC)c(OCC(C)C)c1)CC(=O)N2. The van der Waals surface area contributed by atoms with Crippen molar-refractivity contribution in [1.82, 2.24) is 4.98 Å². The molecule has 0 aliphatic carbocycles. The molecule has 0 spiro atoms. The first kappa shape index (κ1) is 17.5. The Balaban J connectivity index is 1.97. The number of ether oxygens (including phenoxy) is 2. The maximum atomic E-state index is 12.1. The van der Waals surface area contributed by atoms with Crippen LogP contribution < -0.4 is 20.1 Å². The van der Waals surface area contributed by atoms with Gasteiger partial charge in [0, 0.05) is 19.4 Å². The highest BCUT2D eigenvalue weighted by atomic mass is 32.1. The Kier molecular flexibility index (Phi) is 5.13. The molecule has 0 fully saturated rings. The predicted octanol–water partition coefficient (Wildman–Crippen LogP) is 3.70. The number of carbonyl (C=O) groups excluding carboxylic acids is 1. The molecule has 0 bridgehead atoms. The lowest BCUT2D eigenvalue weighted by molar-refractivity contribution is -0.116. The zero-order chi connectivity index (χ0) is 18.0. The van der Waals surface area contributed by atoms with Gasteiger partial charge >= 0.3 is 0 Å². The van der Waals surface area contributed by atoms with Gasteiger partial charge in [0.05, 0.1) is 18.6 Å². The van der Waals surface area contributed by atoms with Crippen molar-refractivity contribution in [2.24, 2.45) is 5.92 Å². The van der Waals surface area contributed by atoms with Crippen molar-refractivity contribution in [1.29, 1.82) is 0 Å². The fourth-order valence-corrected chi connectivity index (χ4v) is 3.78. The molecule has 1 aliphatic heterocycles. The molecule has 6 nitrogen and oxygen atoms in total. The molecule has 0 saturated heterocycles. The van der Waals surface area contributed by atoms with E-state index < -0.39 is 0 Å². The number of methoxy groups -OCH3 is 1. The number of thiazole rings is 1. The number of nitrogens with zero attached hydrogens (tertiary/aromatic N) is 1. The average Bonchev–Trinajstić information content (AvgIpc) is 3.01. The van der Waals surface area contributed by atoms with Crippen LogP contribution in [0.3, 0.4) is 0 Å². The fourth-order valence-electron chi connectivity index (χ4n) is 2.77. The van der Waals surface area contributed by atoms with E-state index in [1.165, 1.54) is 0 Å². The van der Waals surface area contributed by atoms with E-state index in [-0.39, 0.29) is 11.8 Å². The van der Waals surface area contributed by atoms with Gasteiger partial charge in [-0.15, -0.1) is 0 Å². The van der Waals surface area contributed by atoms with Crippen LogP contribution in [0.25, 0.3) is 0 Å². The first-order valence-electron chi connectivity index (χ1n) is 8.30. The molecule has 0 saturated carbocycles. The average molecular weight is 361 g/mol. The van der Waals surface area contributed by atoms with E-state index in [9.17, 15) is 4.79 Å². The van der Waals surface area contributed by atoms with Crippen LogP contribution in [0.4, 0.5) is 10.9 Å². The Bertz CT molecular complexity index is 773. The maximum absolute atomic E-state index is 12.1. The number of aromatic nitrogens is 1. The summed E-state index contributed by atoms with van der Waals surface area (Å²) in [6, 6.07) is 5.87. The van der Waals surface area contributed by atoms with Crippen molar-refractivity contribution in [3.8, 4) is 11.5 Å². The topological polar surface area (TPSA) is 72.5 Å². The van der Waals surface area contributed by atoms with Gasteiger partial charge in [0.15, 0.2) is 16.6 Å². The first-order chi connectivity index (χ1) is 12.0. The minimum atomic E-state index is -0.0318. The quantitative estimate of drug-likeness (QED) is 0.821. The van der Waals surface area contributed by atoms with Gasteiger partial charge < -0.3 is 20.1 Å². The summed E-state index contributed by atoms with van der Waals surface area (Å²) < 4.78 is 11.3. The van der Waals surface area contributed by atoms with E-state index in [2.05, 4.69) is 29.5 Å². The highest BCUT2D eigenvalue weighted by Gasteiger charge is 2.30. The molecular weight excluding hydrogens is 338 g/mol. The van der Waals surface area contributed by atoms with E-state index in [4.69, 9.17) is 9.47 Å². The van der Waals surface area contributed by atoms with Crippen LogP contribution in [0.15, 0.2) is 18.2 Å². The van der Waals surface area contributed by atoms with Gasteiger partial charge in [-0.1, -0.05) is 31.3 Å². The highest BCUT2D eigenvalue weighted by Crippen LogP contribution is 2.43. The van der Waals surface area contributed by atoms with Gasteiger partial charge in [-0.3, -0.25) is 4.79 Å². The number of anilines is 2. The van der Waals surface area contributed by atoms with Crippen molar-refractivity contribution < 1.29 is 14.3 Å². The normalized spacial score (nSPS) is 16.4. The molecular formula is C18H23N3O3S. The summed E-state index contributed by atoms with van der Waals surface area (Å²) in [7, 11) is 3.46. The molecule has 7 heteroatoms. The van der Waals surface area contributed by atoms with Crippen LogP contribution in [0.2, 0.25) is 0 Å². The third kappa shape index (κ3) is 3.71. The first-order valence-corrected chi connectivity index (χ1v) is 9.12. The second-order valence-electron chi connectivity index (χ2n) is 6.40. The van der Waals surface area contributed by atoms with Crippen LogP contribution in [0.1, 0.15) is 36.6 Å². The van der Waals surface area contributed by atoms with Crippen LogP contribution in [0, 0.1) is 5.92 Å². The van der Waals surface area contributed by atoms with Crippen molar-refractivity contribution in [2.75, 3.05) is 31.4 Å². The minimum Gasteiger partial charge on any atom is -0.493 e. The molecule has 2 heterocycles. The van der Waals surface area contributed by atoms with Crippen molar-refractivity contribution in [3.63, 3.8) is 0 Å². The monoisotopic (exact) mass is 361 g/mol. The number of benzene rings is 1. The number of amides is 1. The van der Waals surface area contributed by atoms with E-state index in [0.29, 0.717) is 36.3 Å². The second kappa shape index (κ2) is 7.31. The summed E-state index contributed by atoms with van der Waals surface area (Å²) in [5.74, 6) is 2.42. The molecule has 3 rings (SSSR count). The molecule has 0 radical (unpaired) electrons. The molecule has 1 aromatic heterocycles. The third-order valence-corrected chi connectivity index (χ3v) is 5.18. The van der Waals surface area contributed by atoms with E-state index in [1.54, 1.807) is 18.4 Å².